The maximum Gasteiger partial charge on any atom is 0.238 e. The molecule has 2 aromatic carbocycles. The molecule has 2 N–H and O–H groups in total. The van der Waals surface area contributed by atoms with Crippen molar-refractivity contribution in [3.05, 3.63) is 71.4 Å². The van der Waals surface area contributed by atoms with Crippen molar-refractivity contribution in [2.75, 3.05) is 11.9 Å². The Morgan fingerprint density at radius 2 is 1.92 bits per heavy atom. The van der Waals surface area contributed by atoms with Gasteiger partial charge in [0.15, 0.2) is 0 Å². The highest BCUT2D eigenvalue weighted by molar-refractivity contribution is 5.94. The zero-order valence-corrected chi connectivity index (χ0v) is 15.5. The molecule has 1 heterocycles. The van der Waals surface area contributed by atoms with Crippen molar-refractivity contribution in [2.24, 2.45) is 0 Å². The van der Waals surface area contributed by atoms with Crippen molar-refractivity contribution in [3.8, 4) is 0 Å². The van der Waals surface area contributed by atoms with Crippen LogP contribution in [-0.2, 0) is 11.3 Å². The highest BCUT2D eigenvalue weighted by Crippen LogP contribution is 2.27. The lowest BCUT2D eigenvalue weighted by atomic mass is 9.98. The minimum absolute atomic E-state index is 0.0325. The van der Waals surface area contributed by atoms with Gasteiger partial charge < -0.3 is 10.6 Å². The van der Waals surface area contributed by atoms with Gasteiger partial charge in [-0.3, -0.25) is 9.78 Å². The van der Waals surface area contributed by atoms with Crippen LogP contribution >= 0.6 is 0 Å². The van der Waals surface area contributed by atoms with E-state index in [9.17, 15) is 4.79 Å². The molecule has 4 heteroatoms. The minimum Gasteiger partial charge on any atom is -0.324 e. The Balaban J connectivity index is 1.59. The summed E-state index contributed by atoms with van der Waals surface area (Å²) in [6.45, 7) is 7.16. The van der Waals surface area contributed by atoms with Crippen LogP contribution in [0.1, 0.15) is 36.5 Å². The molecule has 4 nitrogen and oxygen atoms in total. The van der Waals surface area contributed by atoms with E-state index < -0.39 is 0 Å². The monoisotopic (exact) mass is 347 g/mol. The van der Waals surface area contributed by atoms with E-state index in [4.69, 9.17) is 0 Å². The molecule has 0 atom stereocenters. The van der Waals surface area contributed by atoms with Crippen molar-refractivity contribution in [1.82, 2.24) is 10.3 Å². The van der Waals surface area contributed by atoms with Gasteiger partial charge in [0, 0.05) is 23.8 Å². The van der Waals surface area contributed by atoms with E-state index >= 15 is 0 Å². The van der Waals surface area contributed by atoms with Crippen LogP contribution in [0.15, 0.2) is 54.7 Å². The van der Waals surface area contributed by atoms with Gasteiger partial charge in [0.05, 0.1) is 12.1 Å². The number of para-hydroxylation sites is 2. The van der Waals surface area contributed by atoms with Crippen molar-refractivity contribution < 1.29 is 4.79 Å². The maximum atomic E-state index is 12.4. The summed E-state index contributed by atoms with van der Waals surface area (Å²) < 4.78 is 0. The number of hydrogen-bond donors (Lipinski definition) is 2. The van der Waals surface area contributed by atoms with E-state index in [2.05, 4.69) is 41.6 Å². The Hall–Kier alpha value is -2.72. The molecule has 134 valence electrons. The van der Waals surface area contributed by atoms with Gasteiger partial charge in [-0.25, -0.2) is 0 Å². The quantitative estimate of drug-likeness (QED) is 0.695. The van der Waals surface area contributed by atoms with Crippen LogP contribution in [0.25, 0.3) is 10.9 Å². The molecule has 0 saturated carbocycles. The molecule has 0 aliphatic heterocycles. The first-order chi connectivity index (χ1) is 12.5. The molecule has 0 bridgehead atoms. The smallest absolute Gasteiger partial charge is 0.238 e. The zero-order chi connectivity index (χ0) is 18.5. The second-order valence-electron chi connectivity index (χ2n) is 6.88. The largest absolute Gasteiger partial charge is 0.324 e. The average Bonchev–Trinajstić information content (AvgIpc) is 2.63. The van der Waals surface area contributed by atoms with E-state index in [1.165, 1.54) is 0 Å². The fraction of sp³-hybridized carbons (Fsp3) is 0.273. The molecule has 0 aliphatic rings. The van der Waals surface area contributed by atoms with Crippen LogP contribution in [-0.4, -0.2) is 17.4 Å². The molecular weight excluding hydrogens is 322 g/mol. The molecule has 3 rings (SSSR count). The number of anilines is 1. The third-order valence-electron chi connectivity index (χ3n) is 4.45. The molecule has 0 saturated heterocycles. The van der Waals surface area contributed by atoms with Crippen LogP contribution in [0, 0.1) is 6.92 Å². The Morgan fingerprint density at radius 3 is 2.73 bits per heavy atom. The number of pyridine rings is 1. The van der Waals surface area contributed by atoms with Crippen LogP contribution in [0.4, 0.5) is 5.69 Å². The third-order valence-corrected chi connectivity index (χ3v) is 4.45. The molecule has 0 radical (unpaired) electrons. The summed E-state index contributed by atoms with van der Waals surface area (Å²) in [6, 6.07) is 16.3. The number of carbonyl (C=O) groups is 1. The number of aromatic nitrogens is 1. The normalized spacial score (nSPS) is 11.1. The van der Waals surface area contributed by atoms with Crippen molar-refractivity contribution in [2.45, 2.75) is 33.2 Å². The first kappa shape index (κ1) is 18.1. The Labute approximate surface area is 154 Å². The summed E-state index contributed by atoms with van der Waals surface area (Å²) in [5, 5.41) is 7.37. The van der Waals surface area contributed by atoms with Crippen LogP contribution in [0.3, 0.4) is 0 Å². The summed E-state index contributed by atoms with van der Waals surface area (Å²) in [7, 11) is 0. The lowest BCUT2D eigenvalue weighted by Gasteiger charge is -2.16. The van der Waals surface area contributed by atoms with E-state index in [0.29, 0.717) is 12.5 Å². The molecule has 0 spiro atoms. The average molecular weight is 347 g/mol. The first-order valence-corrected chi connectivity index (χ1v) is 8.98. The first-order valence-electron chi connectivity index (χ1n) is 8.98. The molecular formula is C22H25N3O. The van der Waals surface area contributed by atoms with Gasteiger partial charge in [-0.1, -0.05) is 50.2 Å². The summed E-state index contributed by atoms with van der Waals surface area (Å²) in [5.74, 6) is 0.330. The van der Waals surface area contributed by atoms with Crippen LogP contribution < -0.4 is 10.6 Å². The number of benzene rings is 2. The van der Waals surface area contributed by atoms with Gasteiger partial charge in [0.25, 0.3) is 0 Å². The van der Waals surface area contributed by atoms with Gasteiger partial charge in [-0.2, -0.15) is 0 Å². The summed E-state index contributed by atoms with van der Waals surface area (Å²) in [5.41, 5.74) is 5.23. The van der Waals surface area contributed by atoms with E-state index in [1.54, 1.807) is 0 Å². The molecule has 1 aromatic heterocycles. The number of amides is 1. The molecule has 0 unspecified atom stereocenters. The van der Waals surface area contributed by atoms with Crippen LogP contribution in [0.5, 0.6) is 0 Å². The van der Waals surface area contributed by atoms with Gasteiger partial charge in [0.2, 0.25) is 5.91 Å². The van der Waals surface area contributed by atoms with Gasteiger partial charge in [-0.05, 0) is 41.7 Å². The lowest BCUT2D eigenvalue weighted by molar-refractivity contribution is -0.115. The lowest BCUT2D eigenvalue weighted by Crippen LogP contribution is -2.28. The zero-order valence-electron chi connectivity index (χ0n) is 15.5. The van der Waals surface area contributed by atoms with Crippen LogP contribution in [0.2, 0.25) is 0 Å². The molecule has 3 aromatic rings. The van der Waals surface area contributed by atoms with E-state index in [-0.39, 0.29) is 12.5 Å². The topological polar surface area (TPSA) is 54.0 Å². The maximum absolute atomic E-state index is 12.4. The third kappa shape index (κ3) is 4.27. The van der Waals surface area contributed by atoms with Gasteiger partial charge in [0.1, 0.15) is 0 Å². The highest BCUT2D eigenvalue weighted by atomic mass is 16.1. The fourth-order valence-corrected chi connectivity index (χ4v) is 3.06. The van der Waals surface area contributed by atoms with Crippen molar-refractivity contribution >= 4 is 22.5 Å². The number of nitrogens with zero attached hydrogens (tertiary/aromatic N) is 1. The molecule has 26 heavy (non-hydrogen) atoms. The van der Waals surface area contributed by atoms with Gasteiger partial charge in [-0.15, -0.1) is 0 Å². The summed E-state index contributed by atoms with van der Waals surface area (Å²) in [6.07, 6.45) is 1.85. The highest BCUT2D eigenvalue weighted by Gasteiger charge is 2.11. The summed E-state index contributed by atoms with van der Waals surface area (Å²) in [4.78, 5) is 16.8. The SMILES string of the molecule is Cc1cccc(C(C)C)c1NC(=O)CNCc1cnc2ccccc2c1. The number of carbonyl (C=O) groups excluding carboxylic acids is 1. The Bertz CT molecular complexity index is 918. The number of rotatable bonds is 6. The number of aryl methyl sites for hydroxylation is 1. The number of fused-ring (bicyclic) bond motifs is 1. The molecule has 0 aliphatic carbocycles. The Morgan fingerprint density at radius 1 is 1.12 bits per heavy atom. The minimum atomic E-state index is -0.0325. The number of nitrogens with one attached hydrogen (secondary N) is 2. The second kappa shape index (κ2) is 8.11. The van der Waals surface area contributed by atoms with Gasteiger partial charge >= 0.3 is 0 Å². The van der Waals surface area contributed by atoms with Crippen molar-refractivity contribution in [3.63, 3.8) is 0 Å². The number of hydrogen-bond acceptors (Lipinski definition) is 3. The predicted octanol–water partition coefficient (Wildman–Crippen LogP) is 4.39. The standard InChI is InChI=1S/C22H25N3O/c1-15(2)19-9-6-7-16(3)22(19)25-21(26)14-23-12-17-11-18-8-4-5-10-20(18)24-13-17/h4-11,13,15,23H,12,14H2,1-3H3,(H,25,26). The predicted molar refractivity (Wildman–Crippen MR) is 107 cm³/mol. The van der Waals surface area contributed by atoms with E-state index in [0.717, 1.165) is 33.3 Å². The summed E-state index contributed by atoms with van der Waals surface area (Å²) >= 11 is 0. The molecule has 0 fully saturated rings. The van der Waals surface area contributed by atoms with E-state index in [1.807, 2.05) is 49.5 Å². The molecule has 1 amide bonds. The second-order valence-corrected chi connectivity index (χ2v) is 6.88. The Kier molecular flexibility index (Phi) is 5.64. The van der Waals surface area contributed by atoms with Crippen molar-refractivity contribution in [1.29, 1.82) is 0 Å². The fourth-order valence-electron chi connectivity index (χ4n) is 3.06.